The van der Waals surface area contributed by atoms with E-state index < -0.39 is 0 Å². The molecule has 2 nitrogen and oxygen atoms in total. The molecule has 0 atom stereocenters. The summed E-state index contributed by atoms with van der Waals surface area (Å²) in [4.78, 5) is 0. The van der Waals surface area contributed by atoms with Crippen molar-refractivity contribution in [1.29, 1.82) is 0 Å². The molecule has 0 fully saturated rings. The third-order valence-corrected chi connectivity index (χ3v) is 1.54. The first kappa shape index (κ1) is 8.78. The summed E-state index contributed by atoms with van der Waals surface area (Å²) >= 11 is 0. The minimum Gasteiger partial charge on any atom is -0.303 e. The topological polar surface area (TPSA) is 15.6 Å². The van der Waals surface area contributed by atoms with Crippen LogP contribution in [0.1, 0.15) is 12.5 Å². The summed E-state index contributed by atoms with van der Waals surface area (Å²) < 4.78 is 0. The molecule has 12 heavy (non-hydrogen) atoms. The van der Waals surface area contributed by atoms with Gasteiger partial charge in [-0.1, -0.05) is 30.3 Å². The van der Waals surface area contributed by atoms with Gasteiger partial charge in [0, 0.05) is 14.1 Å². The van der Waals surface area contributed by atoms with E-state index in [9.17, 15) is 0 Å². The molecule has 1 aromatic rings. The molecular weight excluding hydrogens is 148 g/mol. The Bertz CT molecular complexity index is 262. The molecule has 0 aliphatic carbocycles. The summed E-state index contributed by atoms with van der Waals surface area (Å²) in [6, 6.07) is 10.2. The lowest BCUT2D eigenvalue weighted by Crippen LogP contribution is -2.06. The SMILES string of the molecule is CC(=NN(C)C)c1ccccc1. The predicted octanol–water partition coefficient (Wildman–Crippen LogP) is 1.97. The van der Waals surface area contributed by atoms with Crippen LogP contribution >= 0.6 is 0 Å². The maximum Gasteiger partial charge on any atom is 0.0646 e. The van der Waals surface area contributed by atoms with Gasteiger partial charge in [-0.05, 0) is 12.5 Å². The first-order valence-electron chi connectivity index (χ1n) is 3.98. The van der Waals surface area contributed by atoms with E-state index in [1.54, 1.807) is 0 Å². The van der Waals surface area contributed by atoms with Crippen LogP contribution in [0.15, 0.2) is 35.4 Å². The number of hydrazone groups is 1. The standard InChI is InChI=1S/C10H14N2/c1-9(11-12(2)3)10-7-5-4-6-8-10/h4-8H,1-3H3. The molecule has 0 radical (unpaired) electrons. The molecule has 0 saturated heterocycles. The molecule has 0 aromatic heterocycles. The van der Waals surface area contributed by atoms with Crippen molar-refractivity contribution in [2.24, 2.45) is 5.10 Å². The van der Waals surface area contributed by atoms with Crippen LogP contribution in [0.3, 0.4) is 0 Å². The molecule has 2 heteroatoms. The number of rotatable bonds is 2. The second kappa shape index (κ2) is 3.90. The van der Waals surface area contributed by atoms with Gasteiger partial charge in [-0.2, -0.15) is 5.10 Å². The van der Waals surface area contributed by atoms with E-state index in [4.69, 9.17) is 0 Å². The quantitative estimate of drug-likeness (QED) is 0.479. The smallest absolute Gasteiger partial charge is 0.0646 e. The van der Waals surface area contributed by atoms with Crippen LogP contribution < -0.4 is 0 Å². The van der Waals surface area contributed by atoms with E-state index in [-0.39, 0.29) is 0 Å². The van der Waals surface area contributed by atoms with Crippen LogP contribution in [0, 0.1) is 0 Å². The number of benzene rings is 1. The zero-order chi connectivity index (χ0) is 8.97. The molecule has 0 spiro atoms. The molecule has 64 valence electrons. The van der Waals surface area contributed by atoms with Crippen LogP contribution in [0.25, 0.3) is 0 Å². The van der Waals surface area contributed by atoms with E-state index >= 15 is 0 Å². The largest absolute Gasteiger partial charge is 0.303 e. The monoisotopic (exact) mass is 162 g/mol. The van der Waals surface area contributed by atoms with E-state index in [1.807, 2.05) is 44.2 Å². The van der Waals surface area contributed by atoms with Crippen molar-refractivity contribution in [3.8, 4) is 0 Å². The van der Waals surface area contributed by atoms with E-state index in [2.05, 4.69) is 17.2 Å². The molecule has 0 bridgehead atoms. The van der Waals surface area contributed by atoms with Gasteiger partial charge in [-0.15, -0.1) is 0 Å². The van der Waals surface area contributed by atoms with E-state index in [0.29, 0.717) is 0 Å². The summed E-state index contributed by atoms with van der Waals surface area (Å²) in [6.07, 6.45) is 0. The summed E-state index contributed by atoms with van der Waals surface area (Å²) in [7, 11) is 3.85. The van der Waals surface area contributed by atoms with Crippen molar-refractivity contribution in [2.75, 3.05) is 14.1 Å². The Balaban J connectivity index is 2.85. The van der Waals surface area contributed by atoms with Crippen molar-refractivity contribution in [1.82, 2.24) is 5.01 Å². The molecule has 1 aromatic carbocycles. The van der Waals surface area contributed by atoms with Crippen molar-refractivity contribution < 1.29 is 0 Å². The summed E-state index contributed by atoms with van der Waals surface area (Å²) in [5.74, 6) is 0. The second-order valence-electron chi connectivity index (χ2n) is 2.90. The van der Waals surface area contributed by atoms with Gasteiger partial charge in [-0.3, -0.25) is 0 Å². The summed E-state index contributed by atoms with van der Waals surface area (Å²) in [5.41, 5.74) is 2.21. The normalized spacial score (nSPS) is 11.4. The minimum absolute atomic E-state index is 1.04. The highest BCUT2D eigenvalue weighted by Gasteiger charge is 1.94. The van der Waals surface area contributed by atoms with Gasteiger partial charge in [0.25, 0.3) is 0 Å². The molecule has 0 N–H and O–H groups in total. The maximum atomic E-state index is 4.30. The van der Waals surface area contributed by atoms with Crippen LogP contribution in [0.5, 0.6) is 0 Å². The van der Waals surface area contributed by atoms with Gasteiger partial charge >= 0.3 is 0 Å². The van der Waals surface area contributed by atoms with Crippen molar-refractivity contribution in [2.45, 2.75) is 6.92 Å². The Hall–Kier alpha value is -1.31. The zero-order valence-corrected chi connectivity index (χ0v) is 7.78. The molecular formula is C10H14N2. The second-order valence-corrected chi connectivity index (χ2v) is 2.90. The lowest BCUT2D eigenvalue weighted by atomic mass is 10.1. The molecule has 0 aliphatic heterocycles. The fourth-order valence-corrected chi connectivity index (χ4v) is 1.04. The highest BCUT2D eigenvalue weighted by molar-refractivity contribution is 5.98. The first-order valence-corrected chi connectivity index (χ1v) is 3.98. The Kier molecular flexibility index (Phi) is 2.86. The van der Waals surface area contributed by atoms with Crippen LogP contribution in [0.4, 0.5) is 0 Å². The number of nitrogens with zero attached hydrogens (tertiary/aromatic N) is 2. The molecule has 0 aliphatic rings. The van der Waals surface area contributed by atoms with Crippen molar-refractivity contribution >= 4 is 5.71 Å². The van der Waals surface area contributed by atoms with Gasteiger partial charge in [-0.25, -0.2) is 0 Å². The molecule has 0 unspecified atom stereocenters. The minimum atomic E-state index is 1.04. The molecule has 0 heterocycles. The van der Waals surface area contributed by atoms with Crippen LogP contribution in [-0.2, 0) is 0 Å². The molecule has 1 rings (SSSR count). The Morgan fingerprint density at radius 2 is 1.75 bits per heavy atom. The third-order valence-electron chi connectivity index (χ3n) is 1.54. The Labute approximate surface area is 73.5 Å². The fraction of sp³-hybridized carbons (Fsp3) is 0.300. The van der Waals surface area contributed by atoms with Gasteiger partial charge in [0.2, 0.25) is 0 Å². The third kappa shape index (κ3) is 2.38. The van der Waals surface area contributed by atoms with Crippen LogP contribution in [0.2, 0.25) is 0 Å². The highest BCUT2D eigenvalue weighted by atomic mass is 15.4. The first-order chi connectivity index (χ1) is 5.70. The lowest BCUT2D eigenvalue weighted by molar-refractivity contribution is 0.438. The maximum absolute atomic E-state index is 4.30. The summed E-state index contributed by atoms with van der Waals surface area (Å²) in [6.45, 7) is 2.01. The highest BCUT2D eigenvalue weighted by Crippen LogP contribution is 2.00. The lowest BCUT2D eigenvalue weighted by Gasteiger charge is -2.06. The number of hydrogen-bond acceptors (Lipinski definition) is 2. The van der Waals surface area contributed by atoms with Gasteiger partial charge in [0.05, 0.1) is 5.71 Å². The fourth-order valence-electron chi connectivity index (χ4n) is 1.04. The average molecular weight is 162 g/mol. The van der Waals surface area contributed by atoms with Gasteiger partial charge in [0.1, 0.15) is 0 Å². The molecule has 0 amide bonds. The predicted molar refractivity (Wildman–Crippen MR) is 52.3 cm³/mol. The van der Waals surface area contributed by atoms with E-state index in [1.165, 1.54) is 5.56 Å². The number of hydrogen-bond donors (Lipinski definition) is 0. The molecule has 0 saturated carbocycles. The Morgan fingerprint density at radius 3 is 2.25 bits per heavy atom. The van der Waals surface area contributed by atoms with Crippen molar-refractivity contribution in [3.05, 3.63) is 35.9 Å². The Morgan fingerprint density at radius 1 is 1.17 bits per heavy atom. The van der Waals surface area contributed by atoms with Gasteiger partial charge in [0.15, 0.2) is 0 Å². The van der Waals surface area contributed by atoms with E-state index in [0.717, 1.165) is 5.71 Å². The van der Waals surface area contributed by atoms with Gasteiger partial charge < -0.3 is 5.01 Å². The van der Waals surface area contributed by atoms with Crippen LogP contribution in [-0.4, -0.2) is 24.8 Å². The average Bonchev–Trinajstić information content (AvgIpc) is 2.05. The van der Waals surface area contributed by atoms with Crippen molar-refractivity contribution in [3.63, 3.8) is 0 Å². The summed E-state index contributed by atoms with van der Waals surface area (Å²) in [5, 5.41) is 6.11. The zero-order valence-electron chi connectivity index (χ0n) is 7.78.